The Morgan fingerprint density at radius 3 is 2.57 bits per heavy atom. The van der Waals surface area contributed by atoms with E-state index in [0.717, 1.165) is 27.1 Å². The first-order valence-electron chi connectivity index (χ1n) is 4.46. The van der Waals surface area contributed by atoms with Gasteiger partial charge >= 0.3 is 0 Å². The fourth-order valence-corrected chi connectivity index (χ4v) is 1.91. The lowest BCUT2D eigenvalue weighted by molar-refractivity contribution is 0.412. The zero-order chi connectivity index (χ0) is 10.1. The van der Waals surface area contributed by atoms with Gasteiger partial charge in [-0.25, -0.2) is 0 Å². The van der Waals surface area contributed by atoms with Crippen molar-refractivity contribution in [2.45, 2.75) is 6.92 Å². The van der Waals surface area contributed by atoms with Crippen LogP contribution in [0.3, 0.4) is 0 Å². The zero-order valence-corrected chi connectivity index (χ0v) is 8.93. The molecule has 2 heteroatoms. The SMILES string of the molecule is COc1ccc2c(Cl)cccc2c1C. The minimum absolute atomic E-state index is 0.785. The van der Waals surface area contributed by atoms with Gasteiger partial charge in [0.1, 0.15) is 5.75 Å². The molecule has 0 spiro atoms. The number of benzene rings is 2. The zero-order valence-electron chi connectivity index (χ0n) is 8.17. The van der Waals surface area contributed by atoms with E-state index < -0.39 is 0 Å². The van der Waals surface area contributed by atoms with Crippen LogP contribution in [0.25, 0.3) is 10.8 Å². The summed E-state index contributed by atoms with van der Waals surface area (Å²) in [5.74, 6) is 0.903. The molecule has 0 bridgehead atoms. The summed E-state index contributed by atoms with van der Waals surface area (Å²) in [4.78, 5) is 0. The van der Waals surface area contributed by atoms with Crippen LogP contribution in [0.2, 0.25) is 5.02 Å². The Balaban J connectivity index is 2.84. The van der Waals surface area contributed by atoms with E-state index in [1.165, 1.54) is 0 Å². The summed E-state index contributed by atoms with van der Waals surface area (Å²) in [5, 5.41) is 3.01. The highest BCUT2D eigenvalue weighted by molar-refractivity contribution is 6.35. The third-order valence-corrected chi connectivity index (χ3v) is 2.78. The number of aryl methyl sites for hydroxylation is 1. The van der Waals surface area contributed by atoms with Gasteiger partial charge in [-0.15, -0.1) is 0 Å². The maximum Gasteiger partial charge on any atom is 0.122 e. The largest absolute Gasteiger partial charge is 0.496 e. The first-order valence-corrected chi connectivity index (χ1v) is 4.83. The van der Waals surface area contributed by atoms with E-state index in [9.17, 15) is 0 Å². The number of hydrogen-bond donors (Lipinski definition) is 0. The fraction of sp³-hybridized carbons (Fsp3) is 0.167. The van der Waals surface area contributed by atoms with Crippen LogP contribution >= 0.6 is 11.6 Å². The summed E-state index contributed by atoms with van der Waals surface area (Å²) in [6.45, 7) is 2.04. The highest BCUT2D eigenvalue weighted by atomic mass is 35.5. The molecule has 0 N–H and O–H groups in total. The number of fused-ring (bicyclic) bond motifs is 1. The van der Waals surface area contributed by atoms with E-state index in [1.807, 2.05) is 31.2 Å². The molecular weight excluding hydrogens is 196 g/mol. The van der Waals surface area contributed by atoms with E-state index in [1.54, 1.807) is 7.11 Å². The maximum atomic E-state index is 6.08. The van der Waals surface area contributed by atoms with Crippen molar-refractivity contribution in [3.8, 4) is 5.75 Å². The minimum Gasteiger partial charge on any atom is -0.496 e. The highest BCUT2D eigenvalue weighted by Crippen LogP contribution is 2.30. The molecule has 0 aliphatic carbocycles. The Kier molecular flexibility index (Phi) is 2.34. The van der Waals surface area contributed by atoms with Gasteiger partial charge in [-0.2, -0.15) is 0 Å². The molecule has 0 heterocycles. The summed E-state index contributed by atoms with van der Waals surface area (Å²) in [6, 6.07) is 9.85. The van der Waals surface area contributed by atoms with Crippen LogP contribution in [-0.2, 0) is 0 Å². The quantitative estimate of drug-likeness (QED) is 0.690. The molecule has 0 aliphatic rings. The third-order valence-electron chi connectivity index (χ3n) is 2.45. The molecule has 0 atom stereocenters. The summed E-state index contributed by atoms with van der Waals surface area (Å²) in [6.07, 6.45) is 0. The normalized spacial score (nSPS) is 10.5. The standard InChI is InChI=1S/C12H11ClO/c1-8-9-4-3-5-11(13)10(9)6-7-12(8)14-2/h3-7H,1-2H3. The van der Waals surface area contributed by atoms with Gasteiger partial charge in [-0.1, -0.05) is 23.7 Å². The molecule has 0 radical (unpaired) electrons. The van der Waals surface area contributed by atoms with Crippen molar-refractivity contribution in [2.75, 3.05) is 7.11 Å². The smallest absolute Gasteiger partial charge is 0.122 e. The highest BCUT2D eigenvalue weighted by Gasteiger charge is 2.05. The monoisotopic (exact) mass is 206 g/mol. The molecule has 72 valence electrons. The minimum atomic E-state index is 0.785. The van der Waals surface area contributed by atoms with Crippen LogP contribution in [0.1, 0.15) is 5.56 Å². The molecule has 0 aromatic heterocycles. The molecule has 14 heavy (non-hydrogen) atoms. The second-order valence-corrected chi connectivity index (χ2v) is 3.63. The van der Waals surface area contributed by atoms with Crippen molar-refractivity contribution < 1.29 is 4.74 Å². The molecule has 0 saturated heterocycles. The van der Waals surface area contributed by atoms with Gasteiger partial charge in [-0.05, 0) is 36.1 Å². The van der Waals surface area contributed by atoms with E-state index in [4.69, 9.17) is 16.3 Å². The lowest BCUT2D eigenvalue weighted by Gasteiger charge is -2.08. The van der Waals surface area contributed by atoms with E-state index in [2.05, 4.69) is 6.07 Å². The van der Waals surface area contributed by atoms with Gasteiger partial charge in [0.2, 0.25) is 0 Å². The number of rotatable bonds is 1. The lowest BCUT2D eigenvalue weighted by atomic mass is 10.0. The van der Waals surface area contributed by atoms with Crippen LogP contribution in [-0.4, -0.2) is 7.11 Å². The summed E-state index contributed by atoms with van der Waals surface area (Å²) in [5.41, 5.74) is 1.13. The average Bonchev–Trinajstić information content (AvgIpc) is 2.20. The van der Waals surface area contributed by atoms with Crippen molar-refractivity contribution >= 4 is 22.4 Å². The predicted molar refractivity (Wildman–Crippen MR) is 60.2 cm³/mol. The molecule has 0 unspecified atom stereocenters. The van der Waals surface area contributed by atoms with Crippen molar-refractivity contribution in [1.82, 2.24) is 0 Å². The van der Waals surface area contributed by atoms with Gasteiger partial charge in [-0.3, -0.25) is 0 Å². The van der Waals surface area contributed by atoms with Crippen LogP contribution in [0.4, 0.5) is 0 Å². The van der Waals surface area contributed by atoms with Crippen molar-refractivity contribution in [2.24, 2.45) is 0 Å². The maximum absolute atomic E-state index is 6.08. The molecule has 1 nitrogen and oxygen atoms in total. The van der Waals surface area contributed by atoms with Crippen molar-refractivity contribution in [1.29, 1.82) is 0 Å². The molecule has 2 rings (SSSR count). The van der Waals surface area contributed by atoms with Gasteiger partial charge in [0.15, 0.2) is 0 Å². The molecule has 0 amide bonds. The average molecular weight is 207 g/mol. The van der Waals surface area contributed by atoms with Crippen molar-refractivity contribution in [3.05, 3.63) is 40.9 Å². The Hall–Kier alpha value is -1.21. The second-order valence-electron chi connectivity index (χ2n) is 3.23. The summed E-state index contributed by atoms with van der Waals surface area (Å²) in [7, 11) is 1.68. The van der Waals surface area contributed by atoms with E-state index >= 15 is 0 Å². The summed E-state index contributed by atoms with van der Waals surface area (Å²) >= 11 is 6.08. The Morgan fingerprint density at radius 1 is 1.07 bits per heavy atom. The van der Waals surface area contributed by atoms with Gasteiger partial charge < -0.3 is 4.74 Å². The van der Waals surface area contributed by atoms with E-state index in [0.29, 0.717) is 0 Å². The molecule has 2 aromatic rings. The Bertz CT molecular complexity index is 477. The topological polar surface area (TPSA) is 9.23 Å². The first kappa shape index (κ1) is 9.35. The molecule has 2 aromatic carbocycles. The van der Waals surface area contributed by atoms with Crippen LogP contribution in [0.15, 0.2) is 30.3 Å². The lowest BCUT2D eigenvalue weighted by Crippen LogP contribution is -1.88. The second kappa shape index (κ2) is 3.50. The van der Waals surface area contributed by atoms with Gasteiger partial charge in [0, 0.05) is 10.4 Å². The molecule has 0 fully saturated rings. The molecular formula is C12H11ClO. The molecule has 0 saturated carbocycles. The number of methoxy groups -OCH3 is 1. The van der Waals surface area contributed by atoms with Crippen LogP contribution in [0.5, 0.6) is 5.75 Å². The summed E-state index contributed by atoms with van der Waals surface area (Å²) < 4.78 is 5.25. The number of ether oxygens (including phenoxy) is 1. The van der Waals surface area contributed by atoms with Crippen LogP contribution in [0, 0.1) is 6.92 Å². The molecule has 0 aliphatic heterocycles. The first-order chi connectivity index (χ1) is 6.74. The number of hydrogen-bond acceptors (Lipinski definition) is 1. The Morgan fingerprint density at radius 2 is 1.86 bits per heavy atom. The number of halogens is 1. The van der Waals surface area contributed by atoms with E-state index in [-0.39, 0.29) is 0 Å². The van der Waals surface area contributed by atoms with Crippen molar-refractivity contribution in [3.63, 3.8) is 0 Å². The third kappa shape index (κ3) is 1.34. The predicted octanol–water partition coefficient (Wildman–Crippen LogP) is 3.81. The van der Waals surface area contributed by atoms with Crippen LogP contribution < -0.4 is 4.74 Å². The fourth-order valence-electron chi connectivity index (χ4n) is 1.67. The van der Waals surface area contributed by atoms with Gasteiger partial charge in [0.05, 0.1) is 7.11 Å². The Labute approximate surface area is 88.3 Å². The van der Waals surface area contributed by atoms with Gasteiger partial charge in [0.25, 0.3) is 0 Å².